The summed E-state index contributed by atoms with van der Waals surface area (Å²) in [6.45, 7) is 4.28. The predicted octanol–water partition coefficient (Wildman–Crippen LogP) is 2.08. The fraction of sp³-hybridized carbons (Fsp3) is 0.467. The maximum Gasteiger partial charge on any atom is 0.138 e. The van der Waals surface area contributed by atoms with Crippen molar-refractivity contribution in [2.75, 3.05) is 25.5 Å². The maximum atomic E-state index is 4.51. The Labute approximate surface area is 119 Å². The van der Waals surface area contributed by atoms with Crippen molar-refractivity contribution in [3.8, 4) is 5.82 Å². The number of nitrogens with zero attached hydrogens (tertiary/aromatic N) is 4. The van der Waals surface area contributed by atoms with E-state index < -0.39 is 0 Å². The third-order valence-corrected chi connectivity index (χ3v) is 3.82. The third-order valence-electron chi connectivity index (χ3n) is 3.82. The monoisotopic (exact) mass is 271 g/mol. The minimum atomic E-state index is 0.524. The fourth-order valence-electron chi connectivity index (χ4n) is 2.75. The molecule has 1 atom stereocenters. The van der Waals surface area contributed by atoms with Crippen LogP contribution in [0.5, 0.6) is 0 Å². The Morgan fingerprint density at radius 3 is 2.85 bits per heavy atom. The van der Waals surface area contributed by atoms with E-state index in [4.69, 9.17) is 0 Å². The fourth-order valence-corrected chi connectivity index (χ4v) is 2.75. The molecule has 0 aliphatic carbocycles. The van der Waals surface area contributed by atoms with Gasteiger partial charge in [0.15, 0.2) is 0 Å². The van der Waals surface area contributed by atoms with Gasteiger partial charge in [-0.1, -0.05) is 0 Å². The van der Waals surface area contributed by atoms with Crippen molar-refractivity contribution in [1.29, 1.82) is 0 Å². The molecule has 106 valence electrons. The molecule has 0 saturated carbocycles. The lowest BCUT2D eigenvalue weighted by Crippen LogP contribution is -2.39. The highest BCUT2D eigenvalue weighted by Gasteiger charge is 2.16. The van der Waals surface area contributed by atoms with Crippen LogP contribution in [0.1, 0.15) is 18.7 Å². The number of rotatable bonds is 3. The van der Waals surface area contributed by atoms with E-state index in [0.29, 0.717) is 6.04 Å². The summed E-state index contributed by atoms with van der Waals surface area (Å²) in [5, 5.41) is 3.57. The molecule has 2 aromatic heterocycles. The molecule has 0 spiro atoms. The summed E-state index contributed by atoms with van der Waals surface area (Å²) < 4.78 is 1.98. The summed E-state index contributed by atoms with van der Waals surface area (Å²) in [4.78, 5) is 11.1. The Balaban J connectivity index is 1.69. The van der Waals surface area contributed by atoms with Crippen molar-refractivity contribution in [1.82, 2.24) is 19.4 Å². The Morgan fingerprint density at radius 2 is 2.20 bits per heavy atom. The lowest BCUT2D eigenvalue weighted by Gasteiger charge is -2.30. The van der Waals surface area contributed by atoms with Crippen LogP contribution in [0.25, 0.3) is 5.82 Å². The number of hydrogen-bond donors (Lipinski definition) is 1. The number of likely N-dealkylation sites (N-methyl/N-ethyl adjacent to an activating group) is 1. The summed E-state index contributed by atoms with van der Waals surface area (Å²) in [5.41, 5.74) is 1.09. The molecule has 1 saturated heterocycles. The Kier molecular flexibility index (Phi) is 3.69. The van der Waals surface area contributed by atoms with Crippen LogP contribution in [0.4, 0.5) is 5.69 Å². The smallest absolute Gasteiger partial charge is 0.138 e. The largest absolute Gasteiger partial charge is 0.380 e. The highest BCUT2D eigenvalue weighted by molar-refractivity contribution is 5.44. The first-order valence-corrected chi connectivity index (χ1v) is 7.14. The van der Waals surface area contributed by atoms with Gasteiger partial charge in [0.05, 0.1) is 11.9 Å². The topological polar surface area (TPSA) is 46.0 Å². The molecule has 1 fully saturated rings. The second-order valence-electron chi connectivity index (χ2n) is 5.50. The van der Waals surface area contributed by atoms with Gasteiger partial charge in [-0.3, -0.25) is 4.57 Å². The van der Waals surface area contributed by atoms with Crippen molar-refractivity contribution in [3.05, 3.63) is 36.5 Å². The Morgan fingerprint density at radius 1 is 1.30 bits per heavy atom. The van der Waals surface area contributed by atoms with Crippen LogP contribution in [0.15, 0.2) is 30.7 Å². The lowest BCUT2D eigenvalue weighted by atomic mass is 10.1. The average molecular weight is 271 g/mol. The molecule has 2 aromatic rings. The van der Waals surface area contributed by atoms with Crippen molar-refractivity contribution in [2.45, 2.75) is 25.8 Å². The molecular formula is C15H21N5. The molecule has 5 heteroatoms. The molecule has 3 heterocycles. The minimum absolute atomic E-state index is 0.524. The molecule has 0 amide bonds. The van der Waals surface area contributed by atoms with Gasteiger partial charge in [0.25, 0.3) is 0 Å². The second-order valence-corrected chi connectivity index (χ2v) is 5.50. The standard InChI is InChI=1S/C15H21N5/c1-12-16-7-9-20(12)15-6-5-13(10-17-15)18-14-4-3-8-19(2)11-14/h5-7,9-10,14,18H,3-4,8,11H2,1-2H3. The normalized spacial score (nSPS) is 20.0. The number of imidazole rings is 1. The van der Waals surface area contributed by atoms with Gasteiger partial charge in [0.1, 0.15) is 11.6 Å². The van der Waals surface area contributed by atoms with Gasteiger partial charge in [-0.15, -0.1) is 0 Å². The molecule has 3 rings (SSSR count). The summed E-state index contributed by atoms with van der Waals surface area (Å²) in [7, 11) is 2.18. The molecule has 1 unspecified atom stereocenters. The van der Waals surface area contributed by atoms with E-state index >= 15 is 0 Å². The van der Waals surface area contributed by atoms with Gasteiger partial charge < -0.3 is 10.2 Å². The summed E-state index contributed by atoms with van der Waals surface area (Å²) >= 11 is 0. The van der Waals surface area contributed by atoms with E-state index in [9.17, 15) is 0 Å². The zero-order chi connectivity index (χ0) is 13.9. The van der Waals surface area contributed by atoms with E-state index in [0.717, 1.165) is 23.9 Å². The Hall–Kier alpha value is -1.88. The quantitative estimate of drug-likeness (QED) is 0.928. The third kappa shape index (κ3) is 2.82. The SMILES string of the molecule is Cc1nccn1-c1ccc(NC2CCCN(C)C2)cn1. The number of nitrogens with one attached hydrogen (secondary N) is 1. The van der Waals surface area contributed by atoms with Crippen molar-refractivity contribution in [2.24, 2.45) is 0 Å². The van der Waals surface area contributed by atoms with Gasteiger partial charge >= 0.3 is 0 Å². The summed E-state index contributed by atoms with van der Waals surface area (Å²) in [5.74, 6) is 1.86. The van der Waals surface area contributed by atoms with Gasteiger partial charge in [-0.2, -0.15) is 0 Å². The zero-order valence-electron chi connectivity index (χ0n) is 12.1. The lowest BCUT2D eigenvalue weighted by molar-refractivity contribution is 0.261. The first-order valence-electron chi connectivity index (χ1n) is 7.14. The number of piperidine rings is 1. The molecule has 1 aliphatic rings. The molecule has 1 aliphatic heterocycles. The first kappa shape index (κ1) is 13.1. The van der Waals surface area contributed by atoms with Gasteiger partial charge in [0, 0.05) is 25.0 Å². The van der Waals surface area contributed by atoms with Gasteiger partial charge in [-0.25, -0.2) is 9.97 Å². The number of hydrogen-bond acceptors (Lipinski definition) is 4. The van der Waals surface area contributed by atoms with E-state index in [1.54, 1.807) is 6.20 Å². The van der Waals surface area contributed by atoms with Crippen molar-refractivity contribution < 1.29 is 0 Å². The first-order chi connectivity index (χ1) is 9.72. The van der Waals surface area contributed by atoms with Gasteiger partial charge in [0.2, 0.25) is 0 Å². The van der Waals surface area contributed by atoms with Crippen LogP contribution in [-0.4, -0.2) is 45.6 Å². The van der Waals surface area contributed by atoms with E-state index in [1.165, 1.54) is 19.4 Å². The average Bonchev–Trinajstić information content (AvgIpc) is 2.86. The number of aromatic nitrogens is 3. The highest BCUT2D eigenvalue weighted by Crippen LogP contribution is 2.16. The number of aryl methyl sites for hydroxylation is 1. The van der Waals surface area contributed by atoms with Crippen molar-refractivity contribution in [3.63, 3.8) is 0 Å². The molecule has 1 N–H and O–H groups in total. The second kappa shape index (κ2) is 5.63. The molecular weight excluding hydrogens is 250 g/mol. The van der Waals surface area contributed by atoms with Crippen LogP contribution < -0.4 is 5.32 Å². The summed E-state index contributed by atoms with van der Waals surface area (Å²) in [6.07, 6.45) is 8.12. The van der Waals surface area contributed by atoms with Crippen LogP contribution in [0.3, 0.4) is 0 Å². The maximum absolute atomic E-state index is 4.51. The molecule has 20 heavy (non-hydrogen) atoms. The zero-order valence-corrected chi connectivity index (χ0v) is 12.1. The molecule has 0 bridgehead atoms. The molecule has 0 aromatic carbocycles. The van der Waals surface area contributed by atoms with Crippen LogP contribution in [-0.2, 0) is 0 Å². The van der Waals surface area contributed by atoms with Crippen LogP contribution in [0, 0.1) is 6.92 Å². The van der Waals surface area contributed by atoms with Gasteiger partial charge in [-0.05, 0) is 45.5 Å². The van der Waals surface area contributed by atoms with E-state index in [1.807, 2.05) is 30.0 Å². The number of anilines is 1. The predicted molar refractivity (Wildman–Crippen MR) is 80.2 cm³/mol. The van der Waals surface area contributed by atoms with Crippen LogP contribution in [0.2, 0.25) is 0 Å². The highest BCUT2D eigenvalue weighted by atomic mass is 15.1. The molecule has 5 nitrogen and oxygen atoms in total. The van der Waals surface area contributed by atoms with E-state index in [2.05, 4.69) is 33.3 Å². The Bertz CT molecular complexity index is 560. The van der Waals surface area contributed by atoms with Crippen molar-refractivity contribution >= 4 is 5.69 Å². The number of pyridine rings is 1. The van der Waals surface area contributed by atoms with Crippen LogP contribution >= 0.6 is 0 Å². The van der Waals surface area contributed by atoms with E-state index in [-0.39, 0.29) is 0 Å². The minimum Gasteiger partial charge on any atom is -0.380 e. The number of likely N-dealkylation sites (tertiary alicyclic amines) is 1. The summed E-state index contributed by atoms with van der Waals surface area (Å²) in [6, 6.07) is 4.65. The molecule has 0 radical (unpaired) electrons.